The van der Waals surface area contributed by atoms with Crippen molar-refractivity contribution in [2.75, 3.05) is 0 Å². The Kier molecular flexibility index (Phi) is 19.4. The predicted molar refractivity (Wildman–Crippen MR) is 134 cm³/mol. The third kappa shape index (κ3) is 15.9. The monoisotopic (exact) mass is 416 g/mol. The molecule has 0 N–H and O–H groups in total. The first-order valence-electron chi connectivity index (χ1n) is 13.9. The molecule has 174 valence electrons. The average Bonchev–Trinajstić information content (AvgIpc) is 2.77. The predicted octanol–water partition coefficient (Wildman–Crippen LogP) is 9.36. The van der Waals surface area contributed by atoms with Crippen LogP contribution in [0, 0.1) is 0 Å². The Balaban J connectivity index is 1.93. The third-order valence-electron chi connectivity index (χ3n) is 6.57. The minimum atomic E-state index is 1.21. The molecule has 0 aliphatic heterocycles. The van der Waals surface area contributed by atoms with Crippen molar-refractivity contribution in [2.24, 2.45) is 0 Å². The molecule has 1 heterocycles. The minimum Gasteiger partial charge on any atom is -0.202 e. The second-order valence-corrected chi connectivity index (χ2v) is 9.50. The lowest BCUT2D eigenvalue weighted by Gasteiger charge is -2.05. The molecule has 1 heteroatoms. The SMILES string of the molecule is CCCCCCCCCCCCCCCCC[n+]1ccccc1CCCCCCC. The number of nitrogens with zero attached hydrogens (tertiary/aromatic N) is 1. The molecular formula is C29H54N+. The molecule has 1 nitrogen and oxygen atoms in total. The maximum atomic E-state index is 2.52. The number of hydrogen-bond donors (Lipinski definition) is 0. The Morgan fingerprint density at radius 3 is 1.43 bits per heavy atom. The van der Waals surface area contributed by atoms with Gasteiger partial charge in [0.2, 0.25) is 0 Å². The normalized spacial score (nSPS) is 11.3. The molecule has 0 saturated heterocycles. The lowest BCUT2D eigenvalue weighted by molar-refractivity contribution is -0.704. The number of unbranched alkanes of at least 4 members (excludes halogenated alkanes) is 18. The highest BCUT2D eigenvalue weighted by Gasteiger charge is 2.08. The van der Waals surface area contributed by atoms with Crippen LogP contribution in [-0.2, 0) is 13.0 Å². The van der Waals surface area contributed by atoms with E-state index in [2.05, 4.69) is 42.8 Å². The summed E-state index contributed by atoms with van der Waals surface area (Å²) in [5, 5.41) is 0. The van der Waals surface area contributed by atoms with Gasteiger partial charge in [0.25, 0.3) is 0 Å². The van der Waals surface area contributed by atoms with E-state index >= 15 is 0 Å². The van der Waals surface area contributed by atoms with Gasteiger partial charge in [-0.15, -0.1) is 0 Å². The van der Waals surface area contributed by atoms with E-state index in [-0.39, 0.29) is 0 Å². The molecule has 1 rings (SSSR count). The van der Waals surface area contributed by atoms with E-state index in [1.165, 1.54) is 141 Å². The van der Waals surface area contributed by atoms with Crippen LogP contribution < -0.4 is 4.57 Å². The highest BCUT2D eigenvalue weighted by atomic mass is 14.9. The summed E-state index contributed by atoms with van der Waals surface area (Å²) in [5.41, 5.74) is 1.54. The van der Waals surface area contributed by atoms with Crippen molar-refractivity contribution in [1.29, 1.82) is 0 Å². The van der Waals surface area contributed by atoms with Crippen molar-refractivity contribution in [2.45, 2.75) is 155 Å². The summed E-state index contributed by atoms with van der Waals surface area (Å²) in [6, 6.07) is 6.75. The maximum Gasteiger partial charge on any atom is 0.181 e. The first-order chi connectivity index (χ1) is 14.9. The van der Waals surface area contributed by atoms with E-state index in [4.69, 9.17) is 0 Å². The number of aromatic nitrogens is 1. The van der Waals surface area contributed by atoms with Gasteiger partial charge >= 0.3 is 0 Å². The molecular weight excluding hydrogens is 362 g/mol. The fraction of sp³-hybridized carbons (Fsp3) is 0.828. The van der Waals surface area contributed by atoms with Gasteiger partial charge in [-0.2, -0.15) is 0 Å². The van der Waals surface area contributed by atoms with Gasteiger partial charge < -0.3 is 0 Å². The minimum absolute atomic E-state index is 1.21. The Hall–Kier alpha value is -0.850. The summed E-state index contributed by atoms with van der Waals surface area (Å²) in [7, 11) is 0. The number of hydrogen-bond acceptors (Lipinski definition) is 0. The molecule has 30 heavy (non-hydrogen) atoms. The van der Waals surface area contributed by atoms with Crippen molar-refractivity contribution < 1.29 is 4.57 Å². The zero-order valence-electron chi connectivity index (χ0n) is 20.8. The van der Waals surface area contributed by atoms with Crippen LogP contribution in [0.1, 0.15) is 148 Å². The van der Waals surface area contributed by atoms with Crippen LogP contribution in [0.4, 0.5) is 0 Å². The van der Waals surface area contributed by atoms with Crippen LogP contribution in [0.15, 0.2) is 24.4 Å². The van der Waals surface area contributed by atoms with Gasteiger partial charge in [0.05, 0.1) is 0 Å². The van der Waals surface area contributed by atoms with Gasteiger partial charge in [-0.1, -0.05) is 129 Å². The lowest BCUT2D eigenvalue weighted by Crippen LogP contribution is -2.37. The molecule has 0 bridgehead atoms. The first kappa shape index (κ1) is 27.2. The molecule has 0 atom stereocenters. The number of pyridine rings is 1. The fourth-order valence-corrected chi connectivity index (χ4v) is 4.52. The second kappa shape index (κ2) is 21.4. The smallest absolute Gasteiger partial charge is 0.181 e. The first-order valence-corrected chi connectivity index (χ1v) is 13.9. The third-order valence-corrected chi connectivity index (χ3v) is 6.57. The summed E-state index contributed by atoms with van der Waals surface area (Å²) in [6.07, 6.45) is 32.1. The highest BCUT2D eigenvalue weighted by molar-refractivity contribution is 4.97. The summed E-state index contributed by atoms with van der Waals surface area (Å²) in [5.74, 6) is 0. The van der Waals surface area contributed by atoms with Crippen LogP contribution in [0.3, 0.4) is 0 Å². The summed E-state index contributed by atoms with van der Waals surface area (Å²) < 4.78 is 2.52. The van der Waals surface area contributed by atoms with Crippen LogP contribution in [0.2, 0.25) is 0 Å². The van der Waals surface area contributed by atoms with Crippen molar-refractivity contribution in [1.82, 2.24) is 0 Å². The molecule has 1 aromatic rings. The van der Waals surface area contributed by atoms with Crippen LogP contribution >= 0.6 is 0 Å². The zero-order chi connectivity index (χ0) is 21.5. The topological polar surface area (TPSA) is 3.88 Å². The molecule has 0 aliphatic carbocycles. The van der Waals surface area contributed by atoms with Crippen molar-refractivity contribution in [3.63, 3.8) is 0 Å². The zero-order valence-corrected chi connectivity index (χ0v) is 20.8. The molecule has 0 unspecified atom stereocenters. The second-order valence-electron chi connectivity index (χ2n) is 9.50. The quantitative estimate of drug-likeness (QED) is 0.131. The Labute approximate surface area is 190 Å². The molecule has 0 amide bonds. The van der Waals surface area contributed by atoms with Gasteiger partial charge in [-0.05, 0) is 12.8 Å². The molecule has 0 aromatic carbocycles. The number of rotatable bonds is 22. The molecule has 1 aromatic heterocycles. The summed E-state index contributed by atoms with van der Waals surface area (Å²) in [6.45, 7) is 5.81. The highest BCUT2D eigenvalue weighted by Crippen LogP contribution is 2.13. The van der Waals surface area contributed by atoms with Gasteiger partial charge in [0.1, 0.15) is 6.54 Å². The van der Waals surface area contributed by atoms with Crippen molar-refractivity contribution in [3.8, 4) is 0 Å². The average molecular weight is 417 g/mol. The molecule has 0 spiro atoms. The van der Waals surface area contributed by atoms with E-state index in [1.807, 2.05) is 0 Å². The van der Waals surface area contributed by atoms with Gasteiger partial charge in [0, 0.05) is 25.0 Å². The standard InChI is InChI=1S/C29H54N/c1-3-5-7-9-10-11-12-13-14-15-16-17-18-20-23-27-30-28-24-22-26-29(30)25-21-19-8-6-4-2/h22,24,26,28H,3-21,23,25,27H2,1-2H3/q+1. The molecule has 0 aliphatic rings. The lowest BCUT2D eigenvalue weighted by atomic mass is 10.0. The molecule has 0 saturated carbocycles. The Morgan fingerprint density at radius 2 is 0.933 bits per heavy atom. The van der Waals surface area contributed by atoms with E-state index < -0.39 is 0 Å². The van der Waals surface area contributed by atoms with Crippen LogP contribution in [0.25, 0.3) is 0 Å². The Bertz CT molecular complexity index is 467. The van der Waals surface area contributed by atoms with Crippen LogP contribution in [0.5, 0.6) is 0 Å². The van der Waals surface area contributed by atoms with Gasteiger partial charge in [-0.25, -0.2) is 4.57 Å². The fourth-order valence-electron chi connectivity index (χ4n) is 4.52. The largest absolute Gasteiger partial charge is 0.202 e. The number of aryl methyl sites for hydroxylation is 2. The van der Waals surface area contributed by atoms with Crippen LogP contribution in [-0.4, -0.2) is 0 Å². The Morgan fingerprint density at radius 1 is 0.500 bits per heavy atom. The summed E-state index contributed by atoms with van der Waals surface area (Å²) in [4.78, 5) is 0. The van der Waals surface area contributed by atoms with E-state index in [0.29, 0.717) is 0 Å². The maximum absolute atomic E-state index is 2.52. The van der Waals surface area contributed by atoms with E-state index in [1.54, 1.807) is 5.69 Å². The summed E-state index contributed by atoms with van der Waals surface area (Å²) >= 11 is 0. The van der Waals surface area contributed by atoms with Gasteiger partial charge in [0.15, 0.2) is 11.9 Å². The van der Waals surface area contributed by atoms with E-state index in [9.17, 15) is 0 Å². The van der Waals surface area contributed by atoms with E-state index in [0.717, 1.165) is 0 Å². The van der Waals surface area contributed by atoms with Gasteiger partial charge in [-0.3, -0.25) is 0 Å². The molecule has 0 fully saturated rings. The van der Waals surface area contributed by atoms with Crippen molar-refractivity contribution in [3.05, 3.63) is 30.1 Å². The van der Waals surface area contributed by atoms with Crippen molar-refractivity contribution >= 4 is 0 Å². The molecule has 0 radical (unpaired) electrons.